The number of hydrogen-bond acceptors (Lipinski definition) is 2. The van der Waals surface area contributed by atoms with Crippen LogP contribution >= 0.6 is 11.6 Å². The molecule has 0 aromatic heterocycles. The van der Waals surface area contributed by atoms with Crippen LogP contribution in [0.2, 0.25) is 5.02 Å². The largest absolute Gasteiger partial charge is 0.485 e. The maximum atomic E-state index is 9.91. The molecule has 1 aromatic rings. The van der Waals surface area contributed by atoms with Gasteiger partial charge in [0.05, 0.1) is 5.60 Å². The molecule has 0 spiro atoms. The average molecular weight is 229 g/mol. The molecule has 1 N–H and O–H groups in total. The van der Waals surface area contributed by atoms with Crippen molar-refractivity contribution >= 4 is 11.6 Å². The molecule has 1 aromatic carbocycles. The fourth-order valence-electron chi connectivity index (χ4n) is 0.922. The lowest BCUT2D eigenvalue weighted by Crippen LogP contribution is -2.49. The Balaban J connectivity index is 2.82. The van der Waals surface area contributed by atoms with Crippen LogP contribution in [0.4, 0.5) is 0 Å². The molecule has 0 bridgehead atoms. The Morgan fingerprint density at radius 1 is 1.07 bits per heavy atom. The van der Waals surface area contributed by atoms with Gasteiger partial charge in [-0.05, 0) is 52.0 Å². The first-order valence-electron chi connectivity index (χ1n) is 4.89. The van der Waals surface area contributed by atoms with Crippen LogP contribution in [-0.2, 0) is 0 Å². The topological polar surface area (TPSA) is 29.5 Å². The van der Waals surface area contributed by atoms with Crippen molar-refractivity contribution in [3.8, 4) is 5.75 Å². The third-order valence-corrected chi connectivity index (χ3v) is 2.91. The van der Waals surface area contributed by atoms with E-state index in [1.54, 1.807) is 38.1 Å². The Labute approximate surface area is 95.8 Å². The summed E-state index contributed by atoms with van der Waals surface area (Å²) in [5, 5.41) is 10.6. The normalized spacial score (nSPS) is 12.7. The van der Waals surface area contributed by atoms with Gasteiger partial charge in [0.15, 0.2) is 0 Å². The summed E-state index contributed by atoms with van der Waals surface area (Å²) in [4.78, 5) is 0. The van der Waals surface area contributed by atoms with E-state index in [9.17, 15) is 5.11 Å². The van der Waals surface area contributed by atoms with Crippen molar-refractivity contribution < 1.29 is 9.84 Å². The molecule has 84 valence electrons. The summed E-state index contributed by atoms with van der Waals surface area (Å²) in [7, 11) is 0. The Hall–Kier alpha value is -0.730. The van der Waals surface area contributed by atoms with E-state index >= 15 is 0 Å². The Bertz CT molecular complexity index is 322. The zero-order chi connectivity index (χ0) is 11.7. The van der Waals surface area contributed by atoms with Crippen LogP contribution in [0.3, 0.4) is 0 Å². The number of rotatable bonds is 3. The van der Waals surface area contributed by atoms with E-state index in [-0.39, 0.29) is 0 Å². The quantitative estimate of drug-likeness (QED) is 0.861. The van der Waals surface area contributed by atoms with Crippen LogP contribution in [-0.4, -0.2) is 16.3 Å². The fraction of sp³-hybridized carbons (Fsp3) is 0.500. The molecule has 3 heteroatoms. The lowest BCUT2D eigenvalue weighted by atomic mass is 9.89. The van der Waals surface area contributed by atoms with E-state index in [1.165, 1.54) is 0 Å². The summed E-state index contributed by atoms with van der Waals surface area (Å²) < 4.78 is 5.71. The number of benzene rings is 1. The van der Waals surface area contributed by atoms with Crippen molar-refractivity contribution in [2.75, 3.05) is 0 Å². The van der Waals surface area contributed by atoms with Crippen molar-refractivity contribution in [2.45, 2.75) is 38.9 Å². The molecule has 0 aliphatic heterocycles. The van der Waals surface area contributed by atoms with E-state index in [1.807, 2.05) is 13.8 Å². The number of halogens is 1. The van der Waals surface area contributed by atoms with E-state index in [0.29, 0.717) is 10.8 Å². The van der Waals surface area contributed by atoms with Crippen molar-refractivity contribution in [3.63, 3.8) is 0 Å². The zero-order valence-electron chi connectivity index (χ0n) is 9.54. The van der Waals surface area contributed by atoms with Gasteiger partial charge in [-0.1, -0.05) is 11.6 Å². The van der Waals surface area contributed by atoms with Gasteiger partial charge in [-0.3, -0.25) is 0 Å². The number of hydrogen-bond donors (Lipinski definition) is 1. The van der Waals surface area contributed by atoms with E-state index in [2.05, 4.69) is 0 Å². The summed E-state index contributed by atoms with van der Waals surface area (Å²) in [6, 6.07) is 7.10. The summed E-state index contributed by atoms with van der Waals surface area (Å²) in [6.07, 6.45) is 0. The van der Waals surface area contributed by atoms with Crippen LogP contribution in [0.1, 0.15) is 27.7 Å². The number of ether oxygens (including phenoxy) is 1. The molecule has 2 nitrogen and oxygen atoms in total. The third kappa shape index (κ3) is 3.11. The van der Waals surface area contributed by atoms with Gasteiger partial charge in [0, 0.05) is 5.02 Å². The molecule has 0 atom stereocenters. The van der Waals surface area contributed by atoms with Crippen molar-refractivity contribution in [3.05, 3.63) is 29.3 Å². The van der Waals surface area contributed by atoms with E-state index in [0.717, 1.165) is 0 Å². The van der Waals surface area contributed by atoms with Gasteiger partial charge < -0.3 is 9.84 Å². The number of aliphatic hydroxyl groups is 1. The van der Waals surface area contributed by atoms with Gasteiger partial charge >= 0.3 is 0 Å². The van der Waals surface area contributed by atoms with Crippen LogP contribution in [0, 0.1) is 0 Å². The molecule has 0 saturated carbocycles. The standard InChI is InChI=1S/C12H17ClO2/c1-11(2,14)12(3,4)15-10-7-5-9(13)6-8-10/h5-8,14H,1-4H3. The van der Waals surface area contributed by atoms with Crippen LogP contribution in [0.5, 0.6) is 5.75 Å². The second-order valence-corrected chi connectivity index (χ2v) is 5.06. The highest BCUT2D eigenvalue weighted by Crippen LogP contribution is 2.28. The van der Waals surface area contributed by atoms with Crippen LogP contribution in [0.15, 0.2) is 24.3 Å². The van der Waals surface area contributed by atoms with E-state index in [4.69, 9.17) is 16.3 Å². The maximum absolute atomic E-state index is 9.91. The Morgan fingerprint density at radius 3 is 1.93 bits per heavy atom. The van der Waals surface area contributed by atoms with Gasteiger partial charge in [0.1, 0.15) is 11.4 Å². The summed E-state index contributed by atoms with van der Waals surface area (Å²) in [6.45, 7) is 7.15. The minimum atomic E-state index is -0.910. The highest BCUT2D eigenvalue weighted by molar-refractivity contribution is 6.30. The van der Waals surface area contributed by atoms with Crippen LogP contribution in [0.25, 0.3) is 0 Å². The first kappa shape index (κ1) is 12.3. The molecule has 0 heterocycles. The second kappa shape index (κ2) is 4.03. The first-order valence-corrected chi connectivity index (χ1v) is 5.27. The molecule has 0 radical (unpaired) electrons. The lowest BCUT2D eigenvalue weighted by Gasteiger charge is -2.37. The maximum Gasteiger partial charge on any atom is 0.131 e. The highest BCUT2D eigenvalue weighted by Gasteiger charge is 2.37. The minimum absolute atomic E-state index is 0.652. The molecular formula is C12H17ClO2. The summed E-state index contributed by atoms with van der Waals surface area (Å²) in [5.41, 5.74) is -1.56. The van der Waals surface area contributed by atoms with Gasteiger partial charge in [-0.15, -0.1) is 0 Å². The summed E-state index contributed by atoms with van der Waals surface area (Å²) >= 11 is 5.77. The van der Waals surface area contributed by atoms with Crippen molar-refractivity contribution in [1.29, 1.82) is 0 Å². The van der Waals surface area contributed by atoms with Gasteiger partial charge in [-0.25, -0.2) is 0 Å². The summed E-state index contributed by atoms with van der Waals surface area (Å²) in [5.74, 6) is 0.700. The van der Waals surface area contributed by atoms with Crippen molar-refractivity contribution in [2.24, 2.45) is 0 Å². The second-order valence-electron chi connectivity index (χ2n) is 4.63. The molecule has 0 aliphatic rings. The molecule has 15 heavy (non-hydrogen) atoms. The highest BCUT2D eigenvalue weighted by atomic mass is 35.5. The monoisotopic (exact) mass is 228 g/mol. The predicted molar refractivity (Wildman–Crippen MR) is 62.5 cm³/mol. The van der Waals surface area contributed by atoms with Gasteiger partial charge in [-0.2, -0.15) is 0 Å². The molecule has 0 amide bonds. The lowest BCUT2D eigenvalue weighted by molar-refractivity contribution is -0.0906. The third-order valence-electron chi connectivity index (χ3n) is 2.66. The zero-order valence-corrected chi connectivity index (χ0v) is 10.3. The smallest absolute Gasteiger partial charge is 0.131 e. The Kier molecular flexibility index (Phi) is 3.31. The molecule has 0 aliphatic carbocycles. The van der Waals surface area contributed by atoms with Gasteiger partial charge in [0.2, 0.25) is 0 Å². The molecule has 1 rings (SSSR count). The Morgan fingerprint density at radius 2 is 1.53 bits per heavy atom. The minimum Gasteiger partial charge on any atom is -0.485 e. The molecule has 0 saturated heterocycles. The van der Waals surface area contributed by atoms with Gasteiger partial charge in [0.25, 0.3) is 0 Å². The average Bonchev–Trinajstić information content (AvgIpc) is 2.06. The first-order chi connectivity index (χ1) is 6.72. The SMILES string of the molecule is CC(C)(O)C(C)(C)Oc1ccc(Cl)cc1. The molecule has 0 unspecified atom stereocenters. The predicted octanol–water partition coefficient (Wildman–Crippen LogP) is 3.27. The van der Waals surface area contributed by atoms with Crippen LogP contribution < -0.4 is 4.74 Å². The van der Waals surface area contributed by atoms with Crippen molar-refractivity contribution in [1.82, 2.24) is 0 Å². The van der Waals surface area contributed by atoms with E-state index < -0.39 is 11.2 Å². The molecular weight excluding hydrogens is 212 g/mol. The fourth-order valence-corrected chi connectivity index (χ4v) is 1.05. The molecule has 0 fully saturated rings.